The summed E-state index contributed by atoms with van der Waals surface area (Å²) in [5, 5.41) is 23.0. The predicted octanol–water partition coefficient (Wildman–Crippen LogP) is 6.27. The Kier molecular flexibility index (Phi) is 9.83. The second-order valence-corrected chi connectivity index (χ2v) is 13.0. The molecule has 0 saturated heterocycles. The molecule has 1 atom stereocenters. The summed E-state index contributed by atoms with van der Waals surface area (Å²) < 4.78 is 54.3. The molecule has 1 aromatic heterocycles. The molecule has 3 amide bonds. The van der Waals surface area contributed by atoms with E-state index >= 15 is 0 Å². The molecule has 44 heavy (non-hydrogen) atoms. The molecule has 9 nitrogen and oxygen atoms in total. The SMILES string of the molecule is CC(C)(C)C1CCC(N(Cc2ccc(C(=O)NC[C@@H](O)C(=O)O)cc2)C(=O)Nc2nc3cc(F)cc(C(F)(F)F)c3s2)CC1. The number of aliphatic hydroxyl groups is 1. The summed E-state index contributed by atoms with van der Waals surface area (Å²) >= 11 is 0.620. The molecular weight excluding hydrogens is 604 g/mol. The smallest absolute Gasteiger partial charge is 0.417 e. The summed E-state index contributed by atoms with van der Waals surface area (Å²) in [6, 6.07) is 6.84. The zero-order valence-corrected chi connectivity index (χ0v) is 25.2. The first-order valence-electron chi connectivity index (χ1n) is 14.1. The van der Waals surface area contributed by atoms with E-state index in [1.807, 2.05) is 0 Å². The number of nitrogens with zero attached hydrogens (tertiary/aromatic N) is 2. The van der Waals surface area contributed by atoms with E-state index in [4.69, 9.17) is 5.11 Å². The van der Waals surface area contributed by atoms with Gasteiger partial charge in [-0.2, -0.15) is 13.2 Å². The quantitative estimate of drug-likeness (QED) is 0.215. The van der Waals surface area contributed by atoms with E-state index in [2.05, 4.69) is 36.4 Å². The number of carbonyl (C=O) groups is 3. The van der Waals surface area contributed by atoms with Crippen LogP contribution in [-0.4, -0.2) is 56.7 Å². The lowest BCUT2D eigenvalue weighted by molar-refractivity contribution is -0.146. The molecule has 1 saturated carbocycles. The van der Waals surface area contributed by atoms with E-state index in [0.29, 0.717) is 41.7 Å². The molecule has 3 aromatic rings. The van der Waals surface area contributed by atoms with Crippen molar-refractivity contribution in [1.29, 1.82) is 0 Å². The highest BCUT2D eigenvalue weighted by molar-refractivity contribution is 7.22. The van der Waals surface area contributed by atoms with Crippen LogP contribution in [0.15, 0.2) is 36.4 Å². The first kappa shape index (κ1) is 33.1. The third-order valence-electron chi connectivity index (χ3n) is 7.91. The van der Waals surface area contributed by atoms with Gasteiger partial charge in [-0.1, -0.05) is 44.2 Å². The van der Waals surface area contributed by atoms with Crippen LogP contribution in [0.4, 0.5) is 27.5 Å². The minimum Gasteiger partial charge on any atom is -0.479 e. The van der Waals surface area contributed by atoms with Crippen LogP contribution in [0, 0.1) is 17.2 Å². The number of aliphatic hydroxyl groups excluding tert-OH is 1. The highest BCUT2D eigenvalue weighted by atomic mass is 32.1. The van der Waals surface area contributed by atoms with Crippen molar-refractivity contribution in [2.45, 2.75) is 71.3 Å². The van der Waals surface area contributed by atoms with Gasteiger partial charge in [-0.15, -0.1) is 0 Å². The van der Waals surface area contributed by atoms with E-state index < -0.39 is 48.1 Å². The number of anilines is 1. The van der Waals surface area contributed by atoms with Crippen LogP contribution in [0.2, 0.25) is 0 Å². The summed E-state index contributed by atoms with van der Waals surface area (Å²) in [6.07, 6.45) is -3.35. The van der Waals surface area contributed by atoms with Crippen molar-refractivity contribution in [2.75, 3.05) is 11.9 Å². The minimum atomic E-state index is -4.80. The number of thiazole rings is 1. The van der Waals surface area contributed by atoms with Gasteiger partial charge in [0.2, 0.25) is 0 Å². The average Bonchev–Trinajstić information content (AvgIpc) is 3.34. The third kappa shape index (κ3) is 8.03. The number of halogens is 4. The number of aliphatic carboxylic acids is 1. The van der Waals surface area contributed by atoms with Gasteiger partial charge in [-0.05, 0) is 60.8 Å². The van der Waals surface area contributed by atoms with E-state index in [0.717, 1.165) is 18.9 Å². The topological polar surface area (TPSA) is 132 Å². The Morgan fingerprint density at radius 1 is 1.07 bits per heavy atom. The fourth-order valence-corrected chi connectivity index (χ4v) is 6.35. The Balaban J connectivity index is 1.54. The molecular formula is C30H34F4N4O5S. The van der Waals surface area contributed by atoms with E-state index in [9.17, 15) is 37.1 Å². The number of rotatable bonds is 8. The van der Waals surface area contributed by atoms with Gasteiger partial charge in [-0.3, -0.25) is 10.1 Å². The van der Waals surface area contributed by atoms with Gasteiger partial charge >= 0.3 is 18.2 Å². The number of urea groups is 1. The molecule has 14 heteroatoms. The molecule has 1 aliphatic rings. The summed E-state index contributed by atoms with van der Waals surface area (Å²) in [5.74, 6) is -2.67. The third-order valence-corrected chi connectivity index (χ3v) is 8.93. The lowest BCUT2D eigenvalue weighted by Crippen LogP contribution is -2.45. The Morgan fingerprint density at radius 3 is 2.27 bits per heavy atom. The van der Waals surface area contributed by atoms with E-state index in [1.165, 1.54) is 12.1 Å². The standard InChI is InChI=1S/C30H34F4N4O5S/c1-29(2,3)18-8-10-20(11-9-18)38(15-16-4-6-17(7-5-16)25(40)35-14-23(39)26(41)42)28(43)37-27-36-22-13-19(31)12-21(24(22)44-27)30(32,33)34/h4-7,12-13,18,20,23,39H,8-11,14-15H2,1-3H3,(H,35,40)(H,41,42)(H,36,37,43)/t18?,20?,23-/m1/s1. The number of benzene rings is 2. The number of fused-ring (bicyclic) bond motifs is 1. The number of carboxylic acids is 1. The lowest BCUT2D eigenvalue weighted by Gasteiger charge is -2.41. The highest BCUT2D eigenvalue weighted by Gasteiger charge is 2.36. The van der Waals surface area contributed by atoms with Gasteiger partial charge in [0.1, 0.15) is 5.82 Å². The maximum Gasteiger partial charge on any atom is 0.417 e. The van der Waals surface area contributed by atoms with Gasteiger partial charge in [-0.25, -0.2) is 19.0 Å². The van der Waals surface area contributed by atoms with Gasteiger partial charge < -0.3 is 20.4 Å². The van der Waals surface area contributed by atoms with Crippen molar-refractivity contribution in [3.8, 4) is 0 Å². The zero-order chi connectivity index (χ0) is 32.4. The van der Waals surface area contributed by atoms with E-state index in [1.54, 1.807) is 17.0 Å². The second-order valence-electron chi connectivity index (χ2n) is 12.0. The first-order valence-corrected chi connectivity index (χ1v) is 14.9. The molecule has 1 heterocycles. The molecule has 1 aliphatic carbocycles. The summed E-state index contributed by atoms with van der Waals surface area (Å²) in [6.45, 7) is 6.18. The maximum atomic E-state index is 13.9. The lowest BCUT2D eigenvalue weighted by atomic mass is 9.71. The summed E-state index contributed by atoms with van der Waals surface area (Å²) in [4.78, 5) is 42.5. The maximum absolute atomic E-state index is 13.9. The zero-order valence-electron chi connectivity index (χ0n) is 24.4. The van der Waals surface area contributed by atoms with Gasteiger partial charge in [0.25, 0.3) is 5.91 Å². The highest BCUT2D eigenvalue weighted by Crippen LogP contribution is 2.41. The summed E-state index contributed by atoms with van der Waals surface area (Å²) in [7, 11) is 0. The van der Waals surface area contributed by atoms with Crippen LogP contribution >= 0.6 is 11.3 Å². The van der Waals surface area contributed by atoms with Crippen LogP contribution in [0.1, 0.15) is 67.9 Å². The van der Waals surface area contributed by atoms with Gasteiger partial charge in [0, 0.05) is 24.2 Å². The van der Waals surface area contributed by atoms with Crippen molar-refractivity contribution >= 4 is 44.6 Å². The van der Waals surface area contributed by atoms with Crippen LogP contribution in [0.3, 0.4) is 0 Å². The number of carboxylic acid groups (broad SMARTS) is 1. The van der Waals surface area contributed by atoms with Crippen LogP contribution in [0.5, 0.6) is 0 Å². The van der Waals surface area contributed by atoms with Crippen LogP contribution in [-0.2, 0) is 17.5 Å². The minimum absolute atomic E-state index is 0.0926. The Labute approximate surface area is 255 Å². The molecule has 0 spiro atoms. The molecule has 0 aliphatic heterocycles. The predicted molar refractivity (Wildman–Crippen MR) is 157 cm³/mol. The molecule has 2 aromatic carbocycles. The van der Waals surface area contributed by atoms with Crippen molar-refractivity contribution in [3.63, 3.8) is 0 Å². The molecule has 4 N–H and O–H groups in total. The second kappa shape index (κ2) is 13.1. The molecule has 1 fully saturated rings. The van der Waals surface area contributed by atoms with Crippen molar-refractivity contribution in [2.24, 2.45) is 11.3 Å². The number of nitrogens with one attached hydrogen (secondary N) is 2. The molecule has 0 radical (unpaired) electrons. The van der Waals surface area contributed by atoms with Crippen molar-refractivity contribution in [3.05, 3.63) is 58.9 Å². The van der Waals surface area contributed by atoms with Crippen LogP contribution in [0.25, 0.3) is 10.2 Å². The fourth-order valence-electron chi connectivity index (χ4n) is 5.38. The van der Waals surface area contributed by atoms with E-state index in [-0.39, 0.29) is 38.9 Å². The Morgan fingerprint density at radius 2 is 1.70 bits per heavy atom. The largest absolute Gasteiger partial charge is 0.479 e. The van der Waals surface area contributed by atoms with Crippen LogP contribution < -0.4 is 10.6 Å². The summed E-state index contributed by atoms with van der Waals surface area (Å²) in [5.41, 5.74) is -0.383. The normalized spacial score (nSPS) is 18.1. The molecule has 0 unspecified atom stereocenters. The first-order chi connectivity index (χ1) is 20.5. The fraction of sp³-hybridized carbons (Fsp3) is 0.467. The number of alkyl halides is 3. The van der Waals surface area contributed by atoms with Gasteiger partial charge in [0.05, 0.1) is 22.3 Å². The molecule has 4 rings (SSSR count). The Hall–Kier alpha value is -3.78. The number of hydrogen-bond donors (Lipinski definition) is 4. The Bertz CT molecular complexity index is 1510. The number of amides is 3. The van der Waals surface area contributed by atoms with Crippen molar-refractivity contribution in [1.82, 2.24) is 15.2 Å². The van der Waals surface area contributed by atoms with Gasteiger partial charge in [0.15, 0.2) is 11.2 Å². The number of carbonyl (C=O) groups excluding carboxylic acids is 2. The monoisotopic (exact) mass is 638 g/mol. The number of aromatic nitrogens is 1. The molecule has 0 bridgehead atoms. The van der Waals surface area contributed by atoms with Crippen molar-refractivity contribution < 1.29 is 42.2 Å². The molecule has 238 valence electrons. The number of hydrogen-bond acceptors (Lipinski definition) is 6. The average molecular weight is 639 g/mol.